The maximum Gasteiger partial charge on any atom is 0.469 e. The van der Waals surface area contributed by atoms with Crippen LogP contribution in [0.25, 0.3) is 0 Å². The van der Waals surface area contributed by atoms with E-state index in [2.05, 4.69) is 45.9 Å². The fourth-order valence-electron chi connectivity index (χ4n) is 4.77. The Balaban J connectivity index is 1.46. The lowest BCUT2D eigenvalue weighted by molar-refractivity contribution is 0.00578. The van der Waals surface area contributed by atoms with Gasteiger partial charge in [-0.15, -0.1) is 0 Å². The number of rotatable bonds is 1. The van der Waals surface area contributed by atoms with E-state index in [0.717, 1.165) is 24.8 Å². The molecular formula is C20H24BNO2S. The molecule has 2 aliphatic heterocycles. The summed E-state index contributed by atoms with van der Waals surface area (Å²) in [6, 6.07) is 2.46. The first kappa shape index (κ1) is 16.2. The fraction of sp³-hybridized carbons (Fsp3) is 0.650. The Morgan fingerprint density at radius 2 is 1.92 bits per heavy atom. The van der Waals surface area contributed by atoms with Crippen molar-refractivity contribution in [2.75, 3.05) is 0 Å². The Hall–Kier alpha value is -0.955. The summed E-state index contributed by atoms with van der Waals surface area (Å²) >= 11 is 1.89. The minimum atomic E-state index is -0.282. The van der Waals surface area contributed by atoms with Crippen LogP contribution in [0.5, 0.6) is 0 Å². The van der Waals surface area contributed by atoms with E-state index in [1.165, 1.54) is 21.8 Å². The second kappa shape index (κ2) is 4.85. The zero-order valence-corrected chi connectivity index (χ0v) is 16.2. The summed E-state index contributed by atoms with van der Waals surface area (Å²) < 4.78 is 12.8. The molecule has 3 unspecified atom stereocenters. The van der Waals surface area contributed by atoms with Crippen molar-refractivity contribution >= 4 is 18.9 Å². The summed E-state index contributed by atoms with van der Waals surface area (Å²) in [7, 11) is -0.166. The average Bonchev–Trinajstić information content (AvgIpc) is 3.13. The number of nitriles is 1. The van der Waals surface area contributed by atoms with Crippen LogP contribution in [0.2, 0.25) is 5.31 Å². The molecule has 0 spiro atoms. The molecule has 5 aliphatic rings. The van der Waals surface area contributed by atoms with Crippen LogP contribution >= 0.6 is 11.8 Å². The Labute approximate surface area is 154 Å². The molecule has 130 valence electrons. The second-order valence-electron chi connectivity index (χ2n) is 9.11. The minimum absolute atomic E-state index is 0.00225. The summed E-state index contributed by atoms with van der Waals surface area (Å²) in [6.07, 6.45) is 9.07. The minimum Gasteiger partial charge on any atom is -0.403 e. The lowest BCUT2D eigenvalue weighted by Crippen LogP contribution is -2.41. The van der Waals surface area contributed by atoms with Crippen molar-refractivity contribution in [1.29, 1.82) is 5.26 Å². The molecule has 3 aliphatic carbocycles. The molecule has 2 fully saturated rings. The van der Waals surface area contributed by atoms with Crippen LogP contribution in [-0.4, -0.2) is 18.3 Å². The summed E-state index contributed by atoms with van der Waals surface area (Å²) in [5.41, 5.74) is 1.93. The van der Waals surface area contributed by atoms with Crippen molar-refractivity contribution in [3.05, 3.63) is 33.1 Å². The van der Waals surface area contributed by atoms with E-state index in [0.29, 0.717) is 11.8 Å². The molecule has 0 aromatic heterocycles. The van der Waals surface area contributed by atoms with Gasteiger partial charge in [-0.2, -0.15) is 5.26 Å². The maximum atomic E-state index is 9.49. The molecule has 25 heavy (non-hydrogen) atoms. The predicted molar refractivity (Wildman–Crippen MR) is 101 cm³/mol. The lowest BCUT2D eigenvalue weighted by Gasteiger charge is -2.32. The van der Waals surface area contributed by atoms with Crippen molar-refractivity contribution in [3.8, 4) is 6.07 Å². The third-order valence-electron chi connectivity index (χ3n) is 7.18. The Morgan fingerprint density at radius 1 is 1.20 bits per heavy atom. The van der Waals surface area contributed by atoms with Crippen molar-refractivity contribution in [2.45, 2.75) is 69.9 Å². The van der Waals surface area contributed by atoms with Gasteiger partial charge in [0, 0.05) is 21.7 Å². The van der Waals surface area contributed by atoms with Crippen LogP contribution in [0.3, 0.4) is 0 Å². The van der Waals surface area contributed by atoms with Crippen LogP contribution < -0.4 is 0 Å². The molecule has 1 saturated carbocycles. The van der Waals surface area contributed by atoms with Gasteiger partial charge in [-0.25, -0.2) is 0 Å². The highest BCUT2D eigenvalue weighted by molar-refractivity contribution is 8.07. The predicted octanol–water partition coefficient (Wildman–Crippen LogP) is 4.99. The zero-order chi connectivity index (χ0) is 17.6. The molecule has 2 heterocycles. The number of fused-ring (bicyclic) bond motifs is 4. The fourth-order valence-corrected chi connectivity index (χ4v) is 6.44. The van der Waals surface area contributed by atoms with Crippen LogP contribution in [0.15, 0.2) is 33.1 Å². The van der Waals surface area contributed by atoms with E-state index in [1.54, 1.807) is 0 Å². The van der Waals surface area contributed by atoms with Gasteiger partial charge < -0.3 is 9.31 Å². The van der Waals surface area contributed by atoms with E-state index < -0.39 is 0 Å². The second-order valence-corrected chi connectivity index (χ2v) is 10.2. The third-order valence-corrected chi connectivity index (χ3v) is 8.67. The van der Waals surface area contributed by atoms with Gasteiger partial charge in [0.05, 0.1) is 17.3 Å². The first-order valence-corrected chi connectivity index (χ1v) is 10.2. The molecule has 0 radical (unpaired) electrons. The van der Waals surface area contributed by atoms with Gasteiger partial charge in [0.2, 0.25) is 0 Å². The maximum absolute atomic E-state index is 9.49. The summed E-state index contributed by atoms with van der Waals surface area (Å²) in [5.74, 6) is 0.974. The van der Waals surface area contributed by atoms with Gasteiger partial charge in [0.25, 0.3) is 0 Å². The lowest BCUT2D eigenvalue weighted by atomic mass is 9.64. The van der Waals surface area contributed by atoms with Crippen molar-refractivity contribution in [3.63, 3.8) is 0 Å². The molecule has 0 amide bonds. The van der Waals surface area contributed by atoms with E-state index in [9.17, 15) is 5.26 Å². The van der Waals surface area contributed by atoms with Crippen LogP contribution in [-0.2, 0) is 9.31 Å². The standard InChI is InChI=1S/C20H24BNO2S/c1-18(2)19(3,4)24-21(23-18)20-9-8-14-13-7-5-6-12(11-22)16(13)25-17(14)15(20)10-20/h8-9,13,15H,5-7,10H2,1-4H3. The van der Waals surface area contributed by atoms with E-state index in [1.807, 2.05) is 11.8 Å². The molecular weight excluding hydrogens is 329 g/mol. The molecule has 1 saturated heterocycles. The molecule has 3 atom stereocenters. The highest BCUT2D eigenvalue weighted by Crippen LogP contribution is 2.75. The van der Waals surface area contributed by atoms with E-state index >= 15 is 0 Å². The quantitative estimate of drug-likeness (QED) is 0.623. The largest absolute Gasteiger partial charge is 0.469 e. The van der Waals surface area contributed by atoms with Crippen LogP contribution in [0.1, 0.15) is 53.4 Å². The molecule has 0 aromatic carbocycles. The number of thioether (sulfide) groups is 1. The Morgan fingerprint density at radius 3 is 2.60 bits per heavy atom. The highest BCUT2D eigenvalue weighted by atomic mass is 32.2. The monoisotopic (exact) mass is 353 g/mol. The number of allylic oxidation sites excluding steroid dienone is 6. The van der Waals surface area contributed by atoms with Crippen molar-refractivity contribution in [2.24, 2.45) is 11.8 Å². The average molecular weight is 353 g/mol. The smallest absolute Gasteiger partial charge is 0.403 e. The topological polar surface area (TPSA) is 42.2 Å². The molecule has 0 bridgehead atoms. The summed E-state index contributed by atoms with van der Waals surface area (Å²) in [4.78, 5) is 2.83. The van der Waals surface area contributed by atoms with E-state index in [-0.39, 0.29) is 23.6 Å². The number of hydrogen-bond donors (Lipinski definition) is 0. The molecule has 5 heteroatoms. The molecule has 3 nitrogen and oxygen atoms in total. The van der Waals surface area contributed by atoms with Crippen LogP contribution in [0, 0.1) is 23.2 Å². The number of hydrogen-bond acceptors (Lipinski definition) is 4. The van der Waals surface area contributed by atoms with Gasteiger partial charge in [-0.1, -0.05) is 23.9 Å². The molecule has 5 rings (SSSR count). The van der Waals surface area contributed by atoms with Crippen molar-refractivity contribution < 1.29 is 9.31 Å². The van der Waals surface area contributed by atoms with Gasteiger partial charge >= 0.3 is 7.12 Å². The third kappa shape index (κ3) is 2.02. The molecule has 0 aromatic rings. The highest BCUT2D eigenvalue weighted by Gasteiger charge is 2.71. The van der Waals surface area contributed by atoms with Gasteiger partial charge in [0.1, 0.15) is 0 Å². The van der Waals surface area contributed by atoms with Gasteiger partial charge in [0.15, 0.2) is 0 Å². The SMILES string of the molecule is CC1(C)OB(C23C=CC4=C(SC5=C(C#N)CCCC45)C2C3)OC1(C)C. The van der Waals surface area contributed by atoms with Gasteiger partial charge in [-0.05, 0) is 69.8 Å². The normalized spacial score (nSPS) is 39.9. The molecule has 0 N–H and O–H groups in total. The van der Waals surface area contributed by atoms with Crippen molar-refractivity contribution in [1.82, 2.24) is 0 Å². The Bertz CT molecular complexity index is 787. The number of nitrogens with zero attached hydrogens (tertiary/aromatic N) is 1. The Kier molecular flexibility index (Phi) is 3.15. The first-order chi connectivity index (χ1) is 11.8. The summed E-state index contributed by atoms with van der Waals surface area (Å²) in [5, 5.41) is 9.49. The van der Waals surface area contributed by atoms with Gasteiger partial charge in [-0.3, -0.25) is 0 Å². The van der Waals surface area contributed by atoms with E-state index in [4.69, 9.17) is 9.31 Å². The first-order valence-electron chi connectivity index (χ1n) is 9.39. The zero-order valence-electron chi connectivity index (χ0n) is 15.4. The van der Waals surface area contributed by atoms with Crippen LogP contribution in [0.4, 0.5) is 0 Å². The summed E-state index contributed by atoms with van der Waals surface area (Å²) in [6.45, 7) is 8.50.